The summed E-state index contributed by atoms with van der Waals surface area (Å²) in [5.74, 6) is 0.402. The van der Waals surface area contributed by atoms with E-state index >= 15 is 0 Å². The van der Waals surface area contributed by atoms with Crippen molar-refractivity contribution in [3.8, 4) is 0 Å². The van der Waals surface area contributed by atoms with Crippen LogP contribution in [0.1, 0.15) is 61.5 Å². The number of nitrogens with one attached hydrogen (secondary N) is 1. The van der Waals surface area contributed by atoms with Gasteiger partial charge >= 0.3 is 0 Å². The van der Waals surface area contributed by atoms with E-state index in [4.69, 9.17) is 5.11 Å². The average molecular weight is 293 g/mol. The molecule has 2 N–H and O–H groups in total. The SMILES string of the molecule is CCCCn1ncc(C(=O)NC2CCC(CO)CC2)c1C. The van der Waals surface area contributed by atoms with Crippen LogP contribution in [-0.4, -0.2) is 33.4 Å². The second kappa shape index (κ2) is 7.59. The van der Waals surface area contributed by atoms with Gasteiger partial charge in [0, 0.05) is 24.9 Å². The number of hydrogen-bond donors (Lipinski definition) is 2. The summed E-state index contributed by atoms with van der Waals surface area (Å²) < 4.78 is 1.92. The topological polar surface area (TPSA) is 67.2 Å². The largest absolute Gasteiger partial charge is 0.396 e. The van der Waals surface area contributed by atoms with Crippen molar-refractivity contribution in [2.24, 2.45) is 5.92 Å². The van der Waals surface area contributed by atoms with Gasteiger partial charge in [0.25, 0.3) is 5.91 Å². The Bertz CT molecular complexity index is 462. The maximum atomic E-state index is 12.4. The summed E-state index contributed by atoms with van der Waals surface area (Å²) in [6, 6.07) is 0.235. The molecule has 21 heavy (non-hydrogen) atoms. The molecule has 0 unspecified atom stereocenters. The fraction of sp³-hybridized carbons (Fsp3) is 0.750. The van der Waals surface area contributed by atoms with Gasteiger partial charge in [-0.1, -0.05) is 13.3 Å². The molecule has 0 aromatic carbocycles. The molecule has 1 aromatic rings. The first kappa shape index (κ1) is 16.0. The Kier molecular flexibility index (Phi) is 5.79. The Hall–Kier alpha value is -1.36. The van der Waals surface area contributed by atoms with E-state index in [1.807, 2.05) is 11.6 Å². The van der Waals surface area contributed by atoms with Gasteiger partial charge in [-0.25, -0.2) is 0 Å². The van der Waals surface area contributed by atoms with E-state index in [0.717, 1.165) is 50.8 Å². The summed E-state index contributed by atoms with van der Waals surface area (Å²) in [5, 5.41) is 16.6. The molecule has 2 rings (SSSR count). The summed E-state index contributed by atoms with van der Waals surface area (Å²) in [7, 11) is 0. The Morgan fingerprint density at radius 2 is 2.14 bits per heavy atom. The fourth-order valence-electron chi connectivity index (χ4n) is 2.96. The number of carbonyl (C=O) groups excluding carboxylic acids is 1. The summed E-state index contributed by atoms with van der Waals surface area (Å²) >= 11 is 0. The molecule has 0 aliphatic heterocycles. The molecule has 1 saturated carbocycles. The predicted molar refractivity (Wildman–Crippen MR) is 82.2 cm³/mol. The lowest BCUT2D eigenvalue weighted by molar-refractivity contribution is 0.0913. The van der Waals surface area contributed by atoms with E-state index in [-0.39, 0.29) is 18.6 Å². The van der Waals surface area contributed by atoms with E-state index in [1.54, 1.807) is 6.20 Å². The van der Waals surface area contributed by atoms with Gasteiger partial charge in [-0.3, -0.25) is 9.48 Å². The molecule has 0 saturated heterocycles. The third-order valence-electron chi connectivity index (χ3n) is 4.51. The van der Waals surface area contributed by atoms with E-state index in [1.165, 1.54) is 0 Å². The van der Waals surface area contributed by atoms with E-state index in [0.29, 0.717) is 11.5 Å². The van der Waals surface area contributed by atoms with Crippen LogP contribution in [0, 0.1) is 12.8 Å². The van der Waals surface area contributed by atoms with Gasteiger partial charge in [-0.15, -0.1) is 0 Å². The Morgan fingerprint density at radius 3 is 2.76 bits per heavy atom. The lowest BCUT2D eigenvalue weighted by atomic mass is 9.86. The monoisotopic (exact) mass is 293 g/mol. The van der Waals surface area contributed by atoms with Crippen molar-refractivity contribution in [1.82, 2.24) is 15.1 Å². The normalized spacial score (nSPS) is 22.2. The van der Waals surface area contributed by atoms with E-state index in [2.05, 4.69) is 17.3 Å². The maximum Gasteiger partial charge on any atom is 0.254 e. The number of aliphatic hydroxyl groups excluding tert-OH is 1. The van der Waals surface area contributed by atoms with Crippen LogP contribution in [0.5, 0.6) is 0 Å². The zero-order valence-electron chi connectivity index (χ0n) is 13.1. The Balaban J connectivity index is 1.90. The van der Waals surface area contributed by atoms with Crippen LogP contribution >= 0.6 is 0 Å². The summed E-state index contributed by atoms with van der Waals surface area (Å²) in [6.07, 6.45) is 7.79. The molecule has 0 bridgehead atoms. The van der Waals surface area contributed by atoms with E-state index < -0.39 is 0 Å². The maximum absolute atomic E-state index is 12.4. The molecule has 0 radical (unpaired) electrons. The number of carbonyl (C=O) groups is 1. The first-order valence-corrected chi connectivity index (χ1v) is 8.09. The summed E-state index contributed by atoms with van der Waals surface area (Å²) in [4.78, 5) is 12.4. The van der Waals surface area contributed by atoms with Crippen LogP contribution in [0.25, 0.3) is 0 Å². The predicted octanol–water partition coefficient (Wildman–Crippen LogP) is 2.27. The molecule has 5 nitrogen and oxygen atoms in total. The number of aromatic nitrogens is 2. The molecule has 1 aliphatic carbocycles. The summed E-state index contributed by atoms with van der Waals surface area (Å²) in [5.41, 5.74) is 1.64. The van der Waals surface area contributed by atoms with Gasteiger partial charge in [-0.05, 0) is 44.9 Å². The highest BCUT2D eigenvalue weighted by atomic mass is 16.3. The second-order valence-corrected chi connectivity index (χ2v) is 6.09. The van der Waals surface area contributed by atoms with Crippen LogP contribution in [0.3, 0.4) is 0 Å². The molecule has 1 heterocycles. The second-order valence-electron chi connectivity index (χ2n) is 6.09. The molecule has 1 amide bonds. The summed E-state index contributed by atoms with van der Waals surface area (Å²) in [6.45, 7) is 5.25. The fourth-order valence-corrected chi connectivity index (χ4v) is 2.96. The van der Waals surface area contributed by atoms with Crippen molar-refractivity contribution in [3.63, 3.8) is 0 Å². The van der Waals surface area contributed by atoms with Gasteiger partial charge in [0.2, 0.25) is 0 Å². The molecule has 0 atom stereocenters. The van der Waals surface area contributed by atoms with Crippen molar-refractivity contribution in [1.29, 1.82) is 0 Å². The molecule has 1 aromatic heterocycles. The minimum atomic E-state index is -0.0114. The van der Waals surface area contributed by atoms with Gasteiger partial charge in [0.05, 0.1) is 11.8 Å². The third kappa shape index (κ3) is 4.06. The van der Waals surface area contributed by atoms with Crippen LogP contribution in [-0.2, 0) is 6.54 Å². The highest BCUT2D eigenvalue weighted by molar-refractivity contribution is 5.95. The van der Waals surface area contributed by atoms with Crippen molar-refractivity contribution >= 4 is 5.91 Å². The molecule has 1 fully saturated rings. The molecule has 118 valence electrons. The number of rotatable bonds is 6. The molecular formula is C16H27N3O2. The number of nitrogens with zero attached hydrogens (tertiary/aromatic N) is 2. The van der Waals surface area contributed by atoms with Crippen LogP contribution in [0.2, 0.25) is 0 Å². The Labute approximate surface area is 126 Å². The highest BCUT2D eigenvalue weighted by Gasteiger charge is 2.23. The minimum Gasteiger partial charge on any atom is -0.396 e. The average Bonchev–Trinajstić information content (AvgIpc) is 2.87. The van der Waals surface area contributed by atoms with Gasteiger partial charge in [0.1, 0.15) is 0 Å². The molecule has 0 spiro atoms. The van der Waals surface area contributed by atoms with Gasteiger partial charge in [-0.2, -0.15) is 5.10 Å². The number of amides is 1. The van der Waals surface area contributed by atoms with Crippen molar-refractivity contribution in [2.45, 2.75) is 65.0 Å². The quantitative estimate of drug-likeness (QED) is 0.845. The zero-order chi connectivity index (χ0) is 15.2. The van der Waals surface area contributed by atoms with Crippen molar-refractivity contribution in [2.75, 3.05) is 6.61 Å². The van der Waals surface area contributed by atoms with E-state index in [9.17, 15) is 4.79 Å². The first-order valence-electron chi connectivity index (χ1n) is 8.09. The van der Waals surface area contributed by atoms with Crippen molar-refractivity contribution < 1.29 is 9.90 Å². The van der Waals surface area contributed by atoms with Gasteiger partial charge < -0.3 is 10.4 Å². The third-order valence-corrected chi connectivity index (χ3v) is 4.51. The van der Waals surface area contributed by atoms with Gasteiger partial charge in [0.15, 0.2) is 0 Å². The Morgan fingerprint density at radius 1 is 1.43 bits per heavy atom. The standard InChI is InChI=1S/C16H27N3O2/c1-3-4-9-19-12(2)15(10-17-19)16(21)18-14-7-5-13(11-20)6-8-14/h10,13-14,20H,3-9,11H2,1-2H3,(H,18,21). The minimum absolute atomic E-state index is 0.0114. The highest BCUT2D eigenvalue weighted by Crippen LogP contribution is 2.24. The molecule has 1 aliphatic rings. The van der Waals surface area contributed by atoms with Crippen LogP contribution in [0.15, 0.2) is 6.20 Å². The number of hydrogen-bond acceptors (Lipinski definition) is 3. The molecular weight excluding hydrogens is 266 g/mol. The lowest BCUT2D eigenvalue weighted by Crippen LogP contribution is -2.38. The number of aliphatic hydroxyl groups is 1. The number of unbranched alkanes of at least 4 members (excludes halogenated alkanes) is 1. The number of aryl methyl sites for hydroxylation is 1. The zero-order valence-corrected chi connectivity index (χ0v) is 13.1. The molecule has 5 heteroatoms. The smallest absolute Gasteiger partial charge is 0.254 e. The lowest BCUT2D eigenvalue weighted by Gasteiger charge is -2.27. The first-order chi connectivity index (χ1) is 10.2. The van der Waals surface area contributed by atoms with Crippen LogP contribution < -0.4 is 5.32 Å². The van der Waals surface area contributed by atoms with Crippen molar-refractivity contribution in [3.05, 3.63) is 17.5 Å². The van der Waals surface area contributed by atoms with Crippen LogP contribution in [0.4, 0.5) is 0 Å².